The van der Waals surface area contributed by atoms with E-state index in [2.05, 4.69) is 30.8 Å². The third-order valence-corrected chi connectivity index (χ3v) is 2.38. The van der Waals surface area contributed by atoms with Gasteiger partial charge in [-0.05, 0) is 27.7 Å². The van der Waals surface area contributed by atoms with Crippen LogP contribution in [0.2, 0.25) is 0 Å². The third-order valence-electron chi connectivity index (χ3n) is 2.38. The molecule has 0 saturated heterocycles. The van der Waals surface area contributed by atoms with Crippen LogP contribution >= 0.6 is 0 Å². The fourth-order valence-electron chi connectivity index (χ4n) is 1.50. The topological polar surface area (TPSA) is 41.8 Å². The van der Waals surface area contributed by atoms with E-state index in [0.717, 1.165) is 11.4 Å². The second-order valence-corrected chi connectivity index (χ2v) is 5.41. The molecule has 3 nitrogen and oxygen atoms in total. The lowest BCUT2D eigenvalue weighted by molar-refractivity contribution is -0.113. The zero-order valence-corrected chi connectivity index (χ0v) is 12.3. The first-order valence-corrected chi connectivity index (χ1v) is 5.82. The summed E-state index contributed by atoms with van der Waals surface area (Å²) in [6.07, 6.45) is 0. The van der Waals surface area contributed by atoms with Crippen LogP contribution < -0.4 is 0 Å². The smallest absolute Gasteiger partial charge is 0.157 e. The molecule has 0 radical (unpaired) electrons. The van der Waals surface area contributed by atoms with Crippen molar-refractivity contribution in [3.63, 3.8) is 0 Å². The minimum absolute atomic E-state index is 0.0374. The maximum atomic E-state index is 11.5. The van der Waals surface area contributed by atoms with Crippen LogP contribution in [0.4, 0.5) is 0 Å². The molecule has 0 atom stereocenters. The molecule has 0 unspecified atom stereocenters. The van der Waals surface area contributed by atoms with Gasteiger partial charge in [0, 0.05) is 23.7 Å². The van der Waals surface area contributed by atoms with E-state index in [4.69, 9.17) is 0 Å². The van der Waals surface area contributed by atoms with E-state index in [9.17, 15) is 4.79 Å². The summed E-state index contributed by atoms with van der Waals surface area (Å²) in [5.41, 5.74) is 3.05. The van der Waals surface area contributed by atoms with Crippen LogP contribution in [0, 0.1) is 5.41 Å². The summed E-state index contributed by atoms with van der Waals surface area (Å²) in [5.74, 6) is 0.0374. The van der Waals surface area contributed by atoms with Gasteiger partial charge in [0.15, 0.2) is 5.78 Å². The number of allylic oxidation sites excluding steroid dienone is 2. The van der Waals surface area contributed by atoms with Crippen molar-refractivity contribution in [3.8, 4) is 0 Å². The average Bonchev–Trinajstić information content (AvgIpc) is 2.13. The molecule has 0 spiro atoms. The molecule has 3 heteroatoms. The maximum Gasteiger partial charge on any atom is 0.157 e. The Hall–Kier alpha value is -1.25. The van der Waals surface area contributed by atoms with Gasteiger partial charge in [-0.25, -0.2) is 0 Å². The van der Waals surface area contributed by atoms with E-state index >= 15 is 0 Å². The normalized spacial score (nSPS) is 14.2. The van der Waals surface area contributed by atoms with Crippen molar-refractivity contribution < 1.29 is 4.79 Å². The predicted octanol–water partition coefficient (Wildman–Crippen LogP) is 3.45. The number of carbonyl (C=O) groups excluding carboxylic acids is 1. The first kappa shape index (κ1) is 15.8. The van der Waals surface area contributed by atoms with Crippen LogP contribution in [0.5, 0.6) is 0 Å². The van der Waals surface area contributed by atoms with Gasteiger partial charge in [0.2, 0.25) is 0 Å². The molecule has 0 bridgehead atoms. The highest BCUT2D eigenvalue weighted by atomic mass is 16.1. The van der Waals surface area contributed by atoms with Gasteiger partial charge in [0.1, 0.15) is 0 Å². The minimum Gasteiger partial charge on any atom is -0.295 e. The fraction of sp³-hybridized carbons (Fsp3) is 0.643. The quantitative estimate of drug-likeness (QED) is 0.546. The summed E-state index contributed by atoms with van der Waals surface area (Å²) in [7, 11) is 1.74. The predicted molar refractivity (Wildman–Crippen MR) is 75.0 cm³/mol. The Labute approximate surface area is 105 Å². The highest BCUT2D eigenvalue weighted by molar-refractivity contribution is 6.11. The molecule has 96 valence electrons. The number of carbonyl (C=O) groups is 1. The standard InChI is InChI=1S/C14H24N2O/c1-9(2)16-12(10(3)11(4)17)13(15-8)14(5,6)7/h1-8H3/b12-10-,15-13?. The summed E-state index contributed by atoms with van der Waals surface area (Å²) in [6.45, 7) is 13.4. The maximum absolute atomic E-state index is 11.5. The number of ketones is 1. The number of rotatable bonds is 3. The molecule has 0 aromatic carbocycles. The molecular weight excluding hydrogens is 212 g/mol. The van der Waals surface area contributed by atoms with Gasteiger partial charge < -0.3 is 0 Å². The van der Waals surface area contributed by atoms with Crippen molar-refractivity contribution >= 4 is 17.2 Å². The fourth-order valence-corrected chi connectivity index (χ4v) is 1.50. The molecule has 0 heterocycles. The zero-order valence-electron chi connectivity index (χ0n) is 12.3. The Morgan fingerprint density at radius 2 is 1.47 bits per heavy atom. The van der Waals surface area contributed by atoms with Crippen LogP contribution in [-0.4, -0.2) is 24.3 Å². The van der Waals surface area contributed by atoms with Crippen molar-refractivity contribution in [2.45, 2.75) is 48.5 Å². The van der Waals surface area contributed by atoms with Gasteiger partial charge in [-0.3, -0.25) is 14.8 Å². The SMILES string of the molecule is CN=C(/C(N=C(C)C)=C(\C)C(C)=O)C(C)(C)C. The highest BCUT2D eigenvalue weighted by Crippen LogP contribution is 2.25. The van der Waals surface area contributed by atoms with Crippen molar-refractivity contribution in [3.05, 3.63) is 11.3 Å². The lowest BCUT2D eigenvalue weighted by Gasteiger charge is -2.23. The summed E-state index contributed by atoms with van der Waals surface area (Å²) < 4.78 is 0. The van der Waals surface area contributed by atoms with Gasteiger partial charge in [-0.15, -0.1) is 0 Å². The molecule has 0 aromatic rings. The van der Waals surface area contributed by atoms with Crippen LogP contribution in [0.1, 0.15) is 48.5 Å². The van der Waals surface area contributed by atoms with Gasteiger partial charge >= 0.3 is 0 Å². The number of hydrogen-bond acceptors (Lipinski definition) is 3. The van der Waals surface area contributed by atoms with Crippen molar-refractivity contribution in [2.24, 2.45) is 15.4 Å². The number of hydrogen-bond donors (Lipinski definition) is 0. The minimum atomic E-state index is -0.125. The molecule has 0 rings (SSSR count). The Bertz CT molecular complexity index is 389. The number of Topliss-reactive ketones (excluding diaryl/α,β-unsaturated/α-hetero) is 1. The number of aliphatic imine (C=N–C) groups is 2. The summed E-state index contributed by atoms with van der Waals surface area (Å²) in [6, 6.07) is 0. The van der Waals surface area contributed by atoms with Gasteiger partial charge in [-0.2, -0.15) is 0 Å². The first-order chi connectivity index (χ1) is 7.61. The van der Waals surface area contributed by atoms with Crippen LogP contribution in [0.15, 0.2) is 21.3 Å². The largest absolute Gasteiger partial charge is 0.295 e. The van der Waals surface area contributed by atoms with Gasteiger partial charge in [0.05, 0.1) is 11.4 Å². The highest BCUT2D eigenvalue weighted by Gasteiger charge is 2.24. The van der Waals surface area contributed by atoms with Gasteiger partial charge in [-0.1, -0.05) is 20.8 Å². The molecule has 0 aliphatic carbocycles. The monoisotopic (exact) mass is 236 g/mol. The summed E-state index contributed by atoms with van der Waals surface area (Å²) >= 11 is 0. The Balaban J connectivity index is 5.92. The van der Waals surface area contributed by atoms with E-state index in [1.807, 2.05) is 13.8 Å². The molecule has 0 N–H and O–H groups in total. The van der Waals surface area contributed by atoms with Crippen LogP contribution in [-0.2, 0) is 4.79 Å². The molecule has 17 heavy (non-hydrogen) atoms. The lowest BCUT2D eigenvalue weighted by atomic mass is 9.86. The Morgan fingerprint density at radius 1 is 1.00 bits per heavy atom. The molecule has 0 fully saturated rings. The van der Waals surface area contributed by atoms with Crippen LogP contribution in [0.25, 0.3) is 0 Å². The van der Waals surface area contributed by atoms with Crippen molar-refractivity contribution in [1.29, 1.82) is 0 Å². The van der Waals surface area contributed by atoms with E-state index in [-0.39, 0.29) is 11.2 Å². The van der Waals surface area contributed by atoms with E-state index in [1.165, 1.54) is 0 Å². The van der Waals surface area contributed by atoms with Gasteiger partial charge in [0.25, 0.3) is 0 Å². The third kappa shape index (κ3) is 4.63. The van der Waals surface area contributed by atoms with Crippen molar-refractivity contribution in [2.75, 3.05) is 7.05 Å². The summed E-state index contributed by atoms with van der Waals surface area (Å²) in [5, 5.41) is 0. The summed E-state index contributed by atoms with van der Waals surface area (Å²) in [4.78, 5) is 20.3. The molecule has 0 aliphatic heterocycles. The van der Waals surface area contributed by atoms with E-state index < -0.39 is 0 Å². The van der Waals surface area contributed by atoms with E-state index in [0.29, 0.717) is 11.3 Å². The Kier molecular flexibility index (Phi) is 5.46. The molecule has 0 aromatic heterocycles. The molecule has 0 amide bonds. The van der Waals surface area contributed by atoms with Crippen molar-refractivity contribution in [1.82, 2.24) is 0 Å². The second kappa shape index (κ2) is 5.89. The van der Waals surface area contributed by atoms with E-state index in [1.54, 1.807) is 20.9 Å². The second-order valence-electron chi connectivity index (χ2n) is 5.41. The average molecular weight is 236 g/mol. The first-order valence-electron chi connectivity index (χ1n) is 5.82. The van der Waals surface area contributed by atoms with Crippen LogP contribution in [0.3, 0.4) is 0 Å². The molecule has 0 saturated carbocycles. The molecule has 0 aliphatic rings. The molecular formula is C14H24N2O. The zero-order chi connectivity index (χ0) is 13.8. The lowest BCUT2D eigenvalue weighted by Crippen LogP contribution is -2.24. The number of nitrogens with zero attached hydrogens (tertiary/aromatic N) is 2. The Morgan fingerprint density at radius 3 is 1.71 bits per heavy atom.